The van der Waals surface area contributed by atoms with Gasteiger partial charge >= 0.3 is 0 Å². The average Bonchev–Trinajstić information content (AvgIpc) is 2.67. The molecule has 2 aromatic rings. The van der Waals surface area contributed by atoms with Crippen molar-refractivity contribution in [1.29, 1.82) is 0 Å². The molecule has 0 saturated carbocycles. The second-order valence-corrected chi connectivity index (χ2v) is 8.27. The van der Waals surface area contributed by atoms with Gasteiger partial charge in [0.05, 0.1) is 10.6 Å². The Morgan fingerprint density at radius 1 is 1.04 bits per heavy atom. The molecule has 0 aliphatic heterocycles. The van der Waals surface area contributed by atoms with Crippen LogP contribution < -0.4 is 5.32 Å². The smallest absolute Gasteiger partial charge is 0.241 e. The zero-order valence-electron chi connectivity index (χ0n) is 15.3. The number of hydrogen-bond donors (Lipinski definition) is 1. The summed E-state index contributed by atoms with van der Waals surface area (Å²) in [5, 5.41) is 2.88. The molecule has 0 saturated heterocycles. The normalized spacial score (nSPS) is 12.7. The molecule has 1 atom stereocenters. The van der Waals surface area contributed by atoms with E-state index in [4.69, 9.17) is 0 Å². The Kier molecular flexibility index (Phi) is 7.36. The molecule has 5 nitrogen and oxygen atoms in total. The topological polar surface area (TPSA) is 66.5 Å². The maximum atomic E-state index is 12.6. The number of sulfone groups is 1. The number of nitrogens with zero attached hydrogens (tertiary/aromatic N) is 1. The monoisotopic (exact) mass is 374 g/mol. The molecule has 0 aromatic heterocycles. The summed E-state index contributed by atoms with van der Waals surface area (Å²) in [6, 6.07) is 17.6. The largest absolute Gasteiger partial charge is 0.354 e. The van der Waals surface area contributed by atoms with E-state index in [0.29, 0.717) is 17.9 Å². The van der Waals surface area contributed by atoms with Gasteiger partial charge in [-0.1, -0.05) is 55.5 Å². The Labute approximate surface area is 156 Å². The molecule has 140 valence electrons. The Bertz CT molecular complexity index is 792. The van der Waals surface area contributed by atoms with Crippen molar-refractivity contribution in [2.45, 2.75) is 24.3 Å². The molecular weight excluding hydrogens is 348 g/mol. The van der Waals surface area contributed by atoms with E-state index in [2.05, 4.69) is 5.32 Å². The Morgan fingerprint density at radius 3 is 2.19 bits per heavy atom. The Balaban J connectivity index is 1.92. The fourth-order valence-corrected chi connectivity index (χ4v) is 4.07. The molecule has 1 amide bonds. The summed E-state index contributed by atoms with van der Waals surface area (Å²) in [6.07, 6.45) is 0.375. The van der Waals surface area contributed by atoms with Gasteiger partial charge in [-0.15, -0.1) is 0 Å². The van der Waals surface area contributed by atoms with Crippen molar-refractivity contribution in [3.63, 3.8) is 0 Å². The van der Waals surface area contributed by atoms with E-state index in [9.17, 15) is 13.2 Å². The molecule has 2 rings (SSSR count). The van der Waals surface area contributed by atoms with Gasteiger partial charge in [0.15, 0.2) is 9.84 Å². The lowest BCUT2D eigenvalue weighted by Gasteiger charge is -2.26. The van der Waals surface area contributed by atoms with Crippen molar-refractivity contribution in [2.75, 3.05) is 25.9 Å². The minimum Gasteiger partial charge on any atom is -0.354 e. The van der Waals surface area contributed by atoms with E-state index < -0.39 is 9.84 Å². The van der Waals surface area contributed by atoms with Crippen LogP contribution in [0.5, 0.6) is 0 Å². The second kappa shape index (κ2) is 9.50. The predicted molar refractivity (Wildman–Crippen MR) is 104 cm³/mol. The summed E-state index contributed by atoms with van der Waals surface area (Å²) < 4.78 is 24.5. The first-order valence-electron chi connectivity index (χ1n) is 8.76. The van der Waals surface area contributed by atoms with Gasteiger partial charge in [0.1, 0.15) is 6.04 Å². The number of benzene rings is 2. The van der Waals surface area contributed by atoms with E-state index in [-0.39, 0.29) is 17.7 Å². The van der Waals surface area contributed by atoms with Crippen LogP contribution in [0.2, 0.25) is 0 Å². The van der Waals surface area contributed by atoms with Crippen LogP contribution in [0.4, 0.5) is 0 Å². The van der Waals surface area contributed by atoms with Gasteiger partial charge in [-0.2, -0.15) is 0 Å². The molecule has 6 heteroatoms. The fraction of sp³-hybridized carbons (Fsp3) is 0.350. The van der Waals surface area contributed by atoms with Gasteiger partial charge < -0.3 is 5.32 Å². The number of rotatable bonds is 9. The zero-order valence-corrected chi connectivity index (χ0v) is 16.1. The van der Waals surface area contributed by atoms with Gasteiger partial charge in [-0.05, 0) is 37.7 Å². The first kappa shape index (κ1) is 20.1. The lowest BCUT2D eigenvalue weighted by molar-refractivity contribution is -0.126. The van der Waals surface area contributed by atoms with Crippen molar-refractivity contribution >= 4 is 15.7 Å². The zero-order chi connectivity index (χ0) is 19.0. The minimum absolute atomic E-state index is 0.0108. The van der Waals surface area contributed by atoms with Crippen molar-refractivity contribution in [2.24, 2.45) is 0 Å². The van der Waals surface area contributed by atoms with Gasteiger partial charge in [0.2, 0.25) is 5.91 Å². The lowest BCUT2D eigenvalue weighted by atomic mass is 10.0. The summed E-state index contributed by atoms with van der Waals surface area (Å²) >= 11 is 0. The van der Waals surface area contributed by atoms with Crippen LogP contribution in [0.3, 0.4) is 0 Å². The highest BCUT2D eigenvalue weighted by Gasteiger charge is 2.23. The molecule has 1 N–H and O–H groups in total. The first-order chi connectivity index (χ1) is 12.5. The summed E-state index contributed by atoms with van der Waals surface area (Å²) in [6.45, 7) is 3.05. The van der Waals surface area contributed by atoms with Crippen molar-refractivity contribution in [3.8, 4) is 0 Å². The average molecular weight is 375 g/mol. The highest BCUT2D eigenvalue weighted by Crippen LogP contribution is 2.19. The third-order valence-corrected chi connectivity index (χ3v) is 6.11. The highest BCUT2D eigenvalue weighted by molar-refractivity contribution is 7.91. The standard InChI is InChI=1S/C20H26N2O3S/c1-3-22(2)19(17-11-6-4-7-12-17)20(23)21-15-10-16-26(24,25)18-13-8-5-9-14-18/h4-9,11-14,19H,3,10,15-16H2,1-2H3,(H,21,23). The molecule has 1 unspecified atom stereocenters. The number of carbonyl (C=O) groups excluding carboxylic acids is 1. The van der Waals surface area contributed by atoms with E-state index in [0.717, 1.165) is 12.1 Å². The summed E-state index contributed by atoms with van der Waals surface area (Å²) in [5.41, 5.74) is 0.922. The SMILES string of the molecule is CCN(C)C(C(=O)NCCCS(=O)(=O)c1ccccc1)c1ccccc1. The summed E-state index contributed by atoms with van der Waals surface area (Å²) in [4.78, 5) is 14.9. The van der Waals surface area contributed by atoms with Crippen LogP contribution in [-0.2, 0) is 14.6 Å². The van der Waals surface area contributed by atoms with Gasteiger partial charge in [0.25, 0.3) is 0 Å². The molecule has 0 aliphatic rings. The highest BCUT2D eigenvalue weighted by atomic mass is 32.2. The third-order valence-electron chi connectivity index (χ3n) is 4.29. The third kappa shape index (κ3) is 5.41. The van der Waals surface area contributed by atoms with E-state index in [1.165, 1.54) is 0 Å². The van der Waals surface area contributed by atoms with Crippen molar-refractivity contribution in [1.82, 2.24) is 10.2 Å². The van der Waals surface area contributed by atoms with Crippen LogP contribution in [0.25, 0.3) is 0 Å². The first-order valence-corrected chi connectivity index (χ1v) is 10.4. The van der Waals surface area contributed by atoms with Gasteiger partial charge in [-0.25, -0.2) is 8.42 Å². The second-order valence-electron chi connectivity index (χ2n) is 6.16. The maximum Gasteiger partial charge on any atom is 0.241 e. The van der Waals surface area contributed by atoms with Gasteiger partial charge in [0, 0.05) is 6.54 Å². The minimum atomic E-state index is -3.31. The summed E-state index contributed by atoms with van der Waals surface area (Å²) in [7, 11) is -1.41. The molecule has 26 heavy (non-hydrogen) atoms. The fourth-order valence-electron chi connectivity index (χ4n) is 2.74. The van der Waals surface area contributed by atoms with Crippen LogP contribution >= 0.6 is 0 Å². The molecule has 0 spiro atoms. The van der Waals surface area contributed by atoms with Crippen LogP contribution in [-0.4, -0.2) is 45.1 Å². The molecule has 0 bridgehead atoms. The van der Waals surface area contributed by atoms with Gasteiger partial charge in [-0.3, -0.25) is 9.69 Å². The maximum absolute atomic E-state index is 12.6. The number of amides is 1. The molecular formula is C20H26N2O3S. The molecule has 2 aromatic carbocycles. The number of carbonyl (C=O) groups is 1. The molecule has 0 fully saturated rings. The lowest BCUT2D eigenvalue weighted by Crippen LogP contribution is -2.39. The van der Waals surface area contributed by atoms with Crippen molar-refractivity contribution in [3.05, 3.63) is 66.2 Å². The van der Waals surface area contributed by atoms with E-state index in [1.54, 1.807) is 30.3 Å². The number of likely N-dealkylation sites (N-methyl/N-ethyl adjacent to an activating group) is 1. The summed E-state index contributed by atoms with van der Waals surface area (Å²) in [5.74, 6) is -0.102. The van der Waals surface area contributed by atoms with E-state index >= 15 is 0 Å². The van der Waals surface area contributed by atoms with Crippen LogP contribution in [0, 0.1) is 0 Å². The van der Waals surface area contributed by atoms with Crippen LogP contribution in [0.15, 0.2) is 65.6 Å². The Morgan fingerprint density at radius 2 is 1.62 bits per heavy atom. The predicted octanol–water partition coefficient (Wildman–Crippen LogP) is 2.66. The van der Waals surface area contributed by atoms with Crippen molar-refractivity contribution < 1.29 is 13.2 Å². The van der Waals surface area contributed by atoms with Crippen LogP contribution in [0.1, 0.15) is 24.9 Å². The molecule has 0 radical (unpaired) electrons. The quantitative estimate of drug-likeness (QED) is 0.685. The molecule has 0 heterocycles. The Hall–Kier alpha value is -2.18. The number of hydrogen-bond acceptors (Lipinski definition) is 4. The molecule has 0 aliphatic carbocycles. The van der Waals surface area contributed by atoms with E-state index in [1.807, 2.05) is 49.2 Å². The number of nitrogens with one attached hydrogen (secondary N) is 1.